The Morgan fingerprint density at radius 2 is 1.68 bits per heavy atom. The molecule has 1 aromatic rings. The first-order valence-corrected chi connectivity index (χ1v) is 14.7. The molecule has 7 heteroatoms. The zero-order chi connectivity index (χ0) is 26.1. The maximum absolute atomic E-state index is 13.9. The number of nitrogens with one attached hydrogen (secondary N) is 1. The van der Waals surface area contributed by atoms with Gasteiger partial charge in [0.15, 0.2) is 0 Å². The summed E-state index contributed by atoms with van der Waals surface area (Å²) in [4.78, 5) is 45.4. The molecule has 1 N–H and O–H groups in total. The van der Waals surface area contributed by atoms with Crippen molar-refractivity contribution in [2.24, 2.45) is 5.92 Å². The van der Waals surface area contributed by atoms with E-state index in [1.807, 2.05) is 35.2 Å². The lowest BCUT2D eigenvalue weighted by Crippen LogP contribution is -2.57. The average Bonchev–Trinajstić information content (AvgIpc) is 3.19. The minimum absolute atomic E-state index is 0.0239. The molecule has 0 atom stereocenters. The van der Waals surface area contributed by atoms with Crippen LogP contribution in [-0.2, 0) is 14.4 Å². The van der Waals surface area contributed by atoms with Gasteiger partial charge in [-0.25, -0.2) is 0 Å². The van der Waals surface area contributed by atoms with Crippen LogP contribution in [0.4, 0.5) is 5.69 Å². The molecule has 1 saturated carbocycles. The van der Waals surface area contributed by atoms with Crippen LogP contribution in [-0.4, -0.2) is 65.9 Å². The fraction of sp³-hybridized carbons (Fsp3) is 0.700. The Labute approximate surface area is 222 Å². The summed E-state index contributed by atoms with van der Waals surface area (Å²) >= 11 is 0. The van der Waals surface area contributed by atoms with Gasteiger partial charge in [0.2, 0.25) is 11.8 Å². The monoisotopic (exact) mass is 510 g/mol. The van der Waals surface area contributed by atoms with Crippen LogP contribution in [0.5, 0.6) is 0 Å². The highest BCUT2D eigenvalue weighted by Crippen LogP contribution is 2.39. The quantitative estimate of drug-likeness (QED) is 0.438. The largest absolute Gasteiger partial charge is 0.354 e. The number of rotatable bonds is 11. The molecule has 1 spiro atoms. The van der Waals surface area contributed by atoms with Crippen LogP contribution in [0.25, 0.3) is 0 Å². The van der Waals surface area contributed by atoms with Crippen LogP contribution in [0.15, 0.2) is 30.3 Å². The van der Waals surface area contributed by atoms with Crippen LogP contribution in [0.3, 0.4) is 0 Å². The van der Waals surface area contributed by atoms with Gasteiger partial charge in [-0.15, -0.1) is 0 Å². The van der Waals surface area contributed by atoms with Gasteiger partial charge in [-0.05, 0) is 50.2 Å². The molecular formula is C30H46N4O3. The highest BCUT2D eigenvalue weighted by atomic mass is 16.2. The van der Waals surface area contributed by atoms with Crippen molar-refractivity contribution in [2.45, 2.75) is 95.9 Å². The van der Waals surface area contributed by atoms with Crippen LogP contribution in [0, 0.1) is 5.92 Å². The fourth-order valence-corrected chi connectivity index (χ4v) is 6.36. The molecule has 1 aromatic carbocycles. The summed E-state index contributed by atoms with van der Waals surface area (Å²) in [6.07, 6.45) is 13.6. The van der Waals surface area contributed by atoms with Crippen molar-refractivity contribution in [1.82, 2.24) is 15.1 Å². The standard InChI is InChI=1S/C30H46N4O3/c1-2-3-4-5-12-17-28(36)32-20-18-30(19-21-32)29(37)33(24-34(30)26-15-10-7-11-16-26)23-27(35)31-22-25-13-8-6-9-14-25/h7,10-11,15-16,25H,2-6,8-9,12-14,17-24H2,1H3,(H,31,35). The van der Waals surface area contributed by atoms with Crippen LogP contribution in [0.2, 0.25) is 0 Å². The van der Waals surface area contributed by atoms with Gasteiger partial charge in [-0.1, -0.05) is 70.1 Å². The van der Waals surface area contributed by atoms with Gasteiger partial charge in [0.1, 0.15) is 12.1 Å². The van der Waals surface area contributed by atoms with E-state index in [-0.39, 0.29) is 24.3 Å². The van der Waals surface area contributed by atoms with E-state index >= 15 is 0 Å². The number of carbonyl (C=O) groups excluding carboxylic acids is 3. The Morgan fingerprint density at radius 3 is 2.38 bits per heavy atom. The molecule has 1 aliphatic carbocycles. The lowest BCUT2D eigenvalue weighted by atomic mass is 9.85. The Hall–Kier alpha value is -2.57. The summed E-state index contributed by atoms with van der Waals surface area (Å²) in [5, 5.41) is 3.10. The topological polar surface area (TPSA) is 73.0 Å². The second kappa shape index (κ2) is 13.3. The molecule has 3 aliphatic rings. The smallest absolute Gasteiger partial charge is 0.250 e. The summed E-state index contributed by atoms with van der Waals surface area (Å²) < 4.78 is 0. The summed E-state index contributed by atoms with van der Waals surface area (Å²) in [7, 11) is 0. The summed E-state index contributed by atoms with van der Waals surface area (Å²) in [6, 6.07) is 10.0. The van der Waals surface area contributed by atoms with Crippen molar-refractivity contribution >= 4 is 23.4 Å². The number of nitrogens with zero attached hydrogens (tertiary/aromatic N) is 3. The average molecular weight is 511 g/mol. The number of para-hydroxylation sites is 1. The molecule has 7 nitrogen and oxygen atoms in total. The zero-order valence-electron chi connectivity index (χ0n) is 22.8. The van der Waals surface area contributed by atoms with Crippen LogP contribution < -0.4 is 10.2 Å². The van der Waals surface area contributed by atoms with E-state index in [0.29, 0.717) is 51.5 Å². The maximum Gasteiger partial charge on any atom is 0.250 e. The first-order valence-electron chi connectivity index (χ1n) is 14.7. The van der Waals surface area contributed by atoms with Gasteiger partial charge in [0.25, 0.3) is 5.91 Å². The molecule has 2 heterocycles. The number of piperidine rings is 1. The number of hydrogen-bond acceptors (Lipinski definition) is 4. The van der Waals surface area contributed by atoms with Gasteiger partial charge < -0.3 is 20.0 Å². The maximum atomic E-state index is 13.9. The van der Waals surface area contributed by atoms with Gasteiger partial charge in [-0.3, -0.25) is 14.4 Å². The van der Waals surface area contributed by atoms with Crippen molar-refractivity contribution < 1.29 is 14.4 Å². The molecule has 0 radical (unpaired) electrons. The lowest BCUT2D eigenvalue weighted by Gasteiger charge is -2.43. The van der Waals surface area contributed by atoms with E-state index < -0.39 is 5.54 Å². The SMILES string of the molecule is CCCCCCCC(=O)N1CCC2(CC1)C(=O)N(CC(=O)NCC1CCCCC1)CN2c1ccccc1. The molecule has 3 fully saturated rings. The van der Waals surface area contributed by atoms with Crippen molar-refractivity contribution in [3.8, 4) is 0 Å². The summed E-state index contributed by atoms with van der Waals surface area (Å²) in [5.41, 5.74) is 0.305. The van der Waals surface area contributed by atoms with Crippen LogP contribution in [0.1, 0.15) is 90.4 Å². The number of anilines is 1. The minimum Gasteiger partial charge on any atom is -0.354 e. The zero-order valence-corrected chi connectivity index (χ0v) is 22.8. The number of amides is 3. The number of likely N-dealkylation sites (tertiary alicyclic amines) is 1. The second-order valence-corrected chi connectivity index (χ2v) is 11.3. The number of carbonyl (C=O) groups is 3. The van der Waals surface area contributed by atoms with Crippen LogP contribution >= 0.6 is 0 Å². The molecule has 4 rings (SSSR count). The molecule has 37 heavy (non-hydrogen) atoms. The normalized spacial score (nSPS) is 20.0. The van der Waals surface area contributed by atoms with Crippen molar-refractivity contribution in [1.29, 1.82) is 0 Å². The lowest BCUT2D eigenvalue weighted by molar-refractivity contribution is -0.140. The van der Waals surface area contributed by atoms with E-state index in [1.54, 1.807) is 4.90 Å². The Bertz CT molecular complexity index is 891. The van der Waals surface area contributed by atoms with E-state index in [4.69, 9.17) is 0 Å². The highest BCUT2D eigenvalue weighted by Gasteiger charge is 2.54. The van der Waals surface area contributed by atoms with E-state index in [2.05, 4.69) is 17.1 Å². The van der Waals surface area contributed by atoms with E-state index in [9.17, 15) is 14.4 Å². The van der Waals surface area contributed by atoms with Crippen molar-refractivity contribution in [3.05, 3.63) is 30.3 Å². The van der Waals surface area contributed by atoms with Crippen molar-refractivity contribution in [2.75, 3.05) is 37.7 Å². The number of unbranched alkanes of at least 4 members (excludes halogenated alkanes) is 4. The molecule has 3 amide bonds. The molecule has 0 bridgehead atoms. The summed E-state index contributed by atoms with van der Waals surface area (Å²) in [5.74, 6) is 0.727. The molecular weight excluding hydrogens is 464 g/mol. The second-order valence-electron chi connectivity index (χ2n) is 11.3. The predicted octanol–water partition coefficient (Wildman–Crippen LogP) is 4.71. The molecule has 2 saturated heterocycles. The minimum atomic E-state index is -0.692. The molecule has 0 unspecified atom stereocenters. The molecule has 0 aromatic heterocycles. The molecule has 204 valence electrons. The third kappa shape index (κ3) is 6.85. The third-order valence-corrected chi connectivity index (χ3v) is 8.67. The number of benzene rings is 1. The number of hydrogen-bond donors (Lipinski definition) is 1. The Kier molecular flexibility index (Phi) is 9.87. The molecule has 2 aliphatic heterocycles. The first-order chi connectivity index (χ1) is 18.0. The Balaban J connectivity index is 1.36. The van der Waals surface area contributed by atoms with Gasteiger partial charge in [0.05, 0.1) is 6.67 Å². The highest BCUT2D eigenvalue weighted by molar-refractivity contribution is 5.96. The van der Waals surface area contributed by atoms with E-state index in [0.717, 1.165) is 18.5 Å². The fourth-order valence-electron chi connectivity index (χ4n) is 6.36. The third-order valence-electron chi connectivity index (χ3n) is 8.67. The predicted molar refractivity (Wildman–Crippen MR) is 147 cm³/mol. The van der Waals surface area contributed by atoms with Gasteiger partial charge in [0, 0.05) is 31.7 Å². The first kappa shape index (κ1) is 27.5. The van der Waals surface area contributed by atoms with E-state index in [1.165, 1.54) is 51.4 Å². The Morgan fingerprint density at radius 1 is 0.973 bits per heavy atom. The van der Waals surface area contributed by atoms with Gasteiger partial charge >= 0.3 is 0 Å². The van der Waals surface area contributed by atoms with Gasteiger partial charge in [-0.2, -0.15) is 0 Å². The van der Waals surface area contributed by atoms with Crippen molar-refractivity contribution in [3.63, 3.8) is 0 Å². The summed E-state index contributed by atoms with van der Waals surface area (Å²) in [6.45, 7) is 4.59.